The molecular formula is C15H21N2O3S+. The summed E-state index contributed by atoms with van der Waals surface area (Å²) in [5.74, 6) is 1.34. The minimum absolute atomic E-state index is 0.505. The van der Waals surface area contributed by atoms with Crippen molar-refractivity contribution in [3.8, 4) is 5.75 Å². The summed E-state index contributed by atoms with van der Waals surface area (Å²) in [6.07, 6.45) is 0. The second-order valence-electron chi connectivity index (χ2n) is 5.08. The molecule has 6 heteroatoms. The summed E-state index contributed by atoms with van der Waals surface area (Å²) in [6, 6.07) is 1.94. The molecular weight excluding hydrogens is 288 g/mol. The lowest BCUT2D eigenvalue weighted by Crippen LogP contribution is -2.16. The van der Waals surface area contributed by atoms with Gasteiger partial charge in [0.15, 0.2) is 0 Å². The van der Waals surface area contributed by atoms with Crippen molar-refractivity contribution in [1.29, 1.82) is 0 Å². The highest BCUT2D eigenvalue weighted by atomic mass is 32.2. The van der Waals surface area contributed by atoms with E-state index in [1.54, 1.807) is 7.11 Å². The standard InChI is InChI=1S/C15H21N2O3S/c1-8-7-13(19-6)9(2)10(3)14(8)21(18)17-15-11(4)12(5)16-20-15/h7,17-18H,1-6H3/q+1. The van der Waals surface area contributed by atoms with Crippen molar-refractivity contribution in [3.05, 3.63) is 34.0 Å². The first kappa shape index (κ1) is 15.7. The first-order valence-electron chi connectivity index (χ1n) is 6.64. The lowest BCUT2D eigenvalue weighted by Gasteiger charge is -2.12. The number of nitrogens with zero attached hydrogens (tertiary/aromatic N) is 1. The van der Waals surface area contributed by atoms with Crippen molar-refractivity contribution in [2.45, 2.75) is 39.5 Å². The third kappa shape index (κ3) is 2.87. The Morgan fingerprint density at radius 1 is 1.14 bits per heavy atom. The quantitative estimate of drug-likeness (QED) is 0.843. The summed E-state index contributed by atoms with van der Waals surface area (Å²) in [4.78, 5) is 0.863. The highest BCUT2D eigenvalue weighted by Crippen LogP contribution is 2.32. The molecule has 0 aliphatic carbocycles. The van der Waals surface area contributed by atoms with Crippen LogP contribution in [-0.2, 0) is 11.4 Å². The van der Waals surface area contributed by atoms with Gasteiger partial charge in [-0.05, 0) is 46.2 Å². The number of benzene rings is 1. The number of aromatic nitrogens is 1. The minimum atomic E-state index is -1.16. The number of hydrogen-bond acceptors (Lipinski definition) is 5. The van der Waals surface area contributed by atoms with Crippen molar-refractivity contribution in [1.82, 2.24) is 5.16 Å². The van der Waals surface area contributed by atoms with E-state index in [0.29, 0.717) is 5.88 Å². The second-order valence-corrected chi connectivity index (χ2v) is 6.27. The van der Waals surface area contributed by atoms with Crippen LogP contribution >= 0.6 is 0 Å². The number of nitrogens with one attached hydrogen (secondary N) is 1. The molecule has 1 heterocycles. The van der Waals surface area contributed by atoms with Crippen molar-refractivity contribution < 1.29 is 13.8 Å². The average molecular weight is 309 g/mol. The molecule has 0 aliphatic rings. The van der Waals surface area contributed by atoms with Gasteiger partial charge in [-0.15, -0.1) is 4.72 Å². The summed E-state index contributed by atoms with van der Waals surface area (Å²) in [5, 5.41) is 3.89. The number of anilines is 1. The lowest BCUT2D eigenvalue weighted by atomic mass is 10.1. The predicted molar refractivity (Wildman–Crippen MR) is 85.1 cm³/mol. The Morgan fingerprint density at radius 2 is 1.81 bits per heavy atom. The SMILES string of the molecule is COc1cc(C)c([S+](O)Nc2onc(C)c2C)c(C)c1C. The molecule has 0 saturated heterocycles. The van der Waals surface area contributed by atoms with Crippen LogP contribution in [0.25, 0.3) is 0 Å². The average Bonchev–Trinajstić information content (AvgIpc) is 2.75. The van der Waals surface area contributed by atoms with Gasteiger partial charge in [0, 0.05) is 16.7 Å². The maximum Gasteiger partial charge on any atom is 0.307 e. The van der Waals surface area contributed by atoms with Crippen LogP contribution in [0.3, 0.4) is 0 Å². The van der Waals surface area contributed by atoms with Crippen LogP contribution in [0, 0.1) is 34.6 Å². The number of hydrogen-bond donors (Lipinski definition) is 2. The maximum absolute atomic E-state index is 10.5. The Labute approximate surface area is 128 Å². The Kier molecular flexibility index (Phi) is 4.49. The van der Waals surface area contributed by atoms with Crippen LogP contribution in [0.5, 0.6) is 5.75 Å². The fraction of sp³-hybridized carbons (Fsp3) is 0.400. The maximum atomic E-state index is 10.5. The Balaban J connectivity index is 2.37. The third-order valence-corrected chi connectivity index (χ3v) is 5.13. The van der Waals surface area contributed by atoms with Crippen molar-refractivity contribution in [2.24, 2.45) is 0 Å². The van der Waals surface area contributed by atoms with Crippen LogP contribution in [-0.4, -0.2) is 16.8 Å². The molecule has 0 radical (unpaired) electrons. The van der Waals surface area contributed by atoms with E-state index < -0.39 is 11.4 Å². The molecule has 0 bridgehead atoms. The van der Waals surface area contributed by atoms with Crippen LogP contribution in [0.2, 0.25) is 0 Å². The largest absolute Gasteiger partial charge is 0.496 e. The molecule has 5 nitrogen and oxygen atoms in total. The van der Waals surface area contributed by atoms with E-state index in [-0.39, 0.29) is 0 Å². The monoisotopic (exact) mass is 309 g/mol. The summed E-state index contributed by atoms with van der Waals surface area (Å²) < 4.78 is 24.1. The number of rotatable bonds is 4. The van der Waals surface area contributed by atoms with Crippen LogP contribution in [0.15, 0.2) is 15.5 Å². The summed E-state index contributed by atoms with van der Waals surface area (Å²) in [7, 11) is 1.65. The van der Waals surface area contributed by atoms with E-state index in [4.69, 9.17) is 9.26 Å². The van der Waals surface area contributed by atoms with Gasteiger partial charge < -0.3 is 9.26 Å². The molecule has 114 valence electrons. The smallest absolute Gasteiger partial charge is 0.307 e. The third-order valence-electron chi connectivity index (χ3n) is 3.74. The van der Waals surface area contributed by atoms with Crippen molar-refractivity contribution in [2.75, 3.05) is 11.8 Å². The number of methoxy groups -OCH3 is 1. The van der Waals surface area contributed by atoms with Gasteiger partial charge >= 0.3 is 11.4 Å². The topological polar surface area (TPSA) is 67.5 Å². The van der Waals surface area contributed by atoms with Gasteiger partial charge in [-0.1, -0.05) is 5.16 Å². The van der Waals surface area contributed by atoms with Crippen LogP contribution < -0.4 is 9.46 Å². The fourth-order valence-corrected chi connectivity index (χ4v) is 3.46. The number of aryl methyl sites for hydroxylation is 2. The zero-order valence-corrected chi connectivity index (χ0v) is 14.0. The van der Waals surface area contributed by atoms with Gasteiger partial charge in [-0.25, -0.2) is 0 Å². The van der Waals surface area contributed by atoms with E-state index in [0.717, 1.165) is 38.6 Å². The van der Waals surface area contributed by atoms with Crippen LogP contribution in [0.4, 0.5) is 5.88 Å². The minimum Gasteiger partial charge on any atom is -0.496 e. The van der Waals surface area contributed by atoms with Gasteiger partial charge in [0.05, 0.1) is 12.8 Å². The Bertz CT molecular complexity index is 667. The molecule has 2 rings (SSSR count). The molecule has 1 aromatic carbocycles. The molecule has 0 amide bonds. The summed E-state index contributed by atoms with van der Waals surface area (Å²) >= 11 is -1.16. The molecule has 2 N–H and O–H groups in total. The van der Waals surface area contributed by atoms with Gasteiger partial charge in [0.25, 0.3) is 5.88 Å². The van der Waals surface area contributed by atoms with Crippen molar-refractivity contribution in [3.63, 3.8) is 0 Å². The van der Waals surface area contributed by atoms with E-state index in [1.807, 2.05) is 40.7 Å². The van der Waals surface area contributed by atoms with E-state index in [1.165, 1.54) is 0 Å². The zero-order chi connectivity index (χ0) is 15.7. The first-order valence-corrected chi connectivity index (χ1v) is 7.82. The van der Waals surface area contributed by atoms with Crippen LogP contribution in [0.1, 0.15) is 27.9 Å². The van der Waals surface area contributed by atoms with Gasteiger partial charge in [-0.2, -0.15) is 4.55 Å². The highest BCUT2D eigenvalue weighted by Gasteiger charge is 2.30. The molecule has 0 fully saturated rings. The molecule has 0 aliphatic heterocycles. The Hall–Kier alpha value is -1.66. The first-order chi connectivity index (χ1) is 9.86. The Morgan fingerprint density at radius 3 is 2.33 bits per heavy atom. The summed E-state index contributed by atoms with van der Waals surface area (Å²) in [6.45, 7) is 9.70. The molecule has 21 heavy (non-hydrogen) atoms. The predicted octanol–water partition coefficient (Wildman–Crippen LogP) is 3.70. The molecule has 2 aromatic rings. The van der Waals surface area contributed by atoms with E-state index in [2.05, 4.69) is 9.88 Å². The molecule has 0 saturated carbocycles. The second kappa shape index (κ2) is 5.99. The van der Waals surface area contributed by atoms with Gasteiger partial charge in [-0.3, -0.25) is 0 Å². The van der Waals surface area contributed by atoms with E-state index >= 15 is 0 Å². The molecule has 1 aromatic heterocycles. The molecule has 1 atom stereocenters. The number of ether oxygens (including phenoxy) is 1. The molecule has 0 spiro atoms. The highest BCUT2D eigenvalue weighted by molar-refractivity contribution is 7.92. The zero-order valence-electron chi connectivity index (χ0n) is 13.2. The molecule has 1 unspecified atom stereocenters. The van der Waals surface area contributed by atoms with Crippen molar-refractivity contribution >= 4 is 17.2 Å². The fourth-order valence-electron chi connectivity index (χ4n) is 2.18. The normalized spacial score (nSPS) is 12.3. The summed E-state index contributed by atoms with van der Waals surface area (Å²) in [5.41, 5.74) is 4.73. The van der Waals surface area contributed by atoms with E-state index in [9.17, 15) is 4.55 Å². The van der Waals surface area contributed by atoms with Gasteiger partial charge in [0.1, 0.15) is 5.75 Å². The lowest BCUT2D eigenvalue weighted by molar-refractivity contribution is 0.410. The van der Waals surface area contributed by atoms with Gasteiger partial charge in [0.2, 0.25) is 4.90 Å².